The van der Waals surface area contributed by atoms with Crippen LogP contribution in [0.15, 0.2) is 53.3 Å². The van der Waals surface area contributed by atoms with Crippen LogP contribution in [0.4, 0.5) is 0 Å². The highest BCUT2D eigenvalue weighted by Crippen LogP contribution is 2.25. The lowest BCUT2D eigenvalue weighted by molar-refractivity contribution is -0.130. The van der Waals surface area contributed by atoms with E-state index in [9.17, 15) is 14.4 Å². The molecule has 2 aliphatic rings. The molecule has 152 valence electrons. The molecular formula is C23H21N3O4. The molecule has 1 aliphatic heterocycles. The zero-order valence-electron chi connectivity index (χ0n) is 16.3. The number of hydrogen-bond acceptors (Lipinski definition) is 5. The first kappa shape index (κ1) is 18.5. The summed E-state index contributed by atoms with van der Waals surface area (Å²) in [6.45, 7) is 0.676. The van der Waals surface area contributed by atoms with Crippen molar-refractivity contribution in [3.63, 3.8) is 0 Å². The Morgan fingerprint density at radius 1 is 1.13 bits per heavy atom. The van der Waals surface area contributed by atoms with Crippen LogP contribution in [0.5, 0.6) is 0 Å². The number of nitrogens with one attached hydrogen (secondary N) is 1. The van der Waals surface area contributed by atoms with Gasteiger partial charge in [0.25, 0.3) is 11.5 Å². The molecule has 1 N–H and O–H groups in total. The van der Waals surface area contributed by atoms with Crippen LogP contribution in [0.3, 0.4) is 0 Å². The van der Waals surface area contributed by atoms with Gasteiger partial charge in [0.15, 0.2) is 0 Å². The Morgan fingerprint density at radius 2 is 1.93 bits per heavy atom. The van der Waals surface area contributed by atoms with E-state index in [1.54, 1.807) is 47.0 Å². The van der Waals surface area contributed by atoms with Crippen LogP contribution in [-0.4, -0.2) is 27.5 Å². The number of aromatic nitrogens is 2. The van der Waals surface area contributed by atoms with Gasteiger partial charge in [-0.05, 0) is 37.5 Å². The van der Waals surface area contributed by atoms with E-state index < -0.39 is 12.1 Å². The normalized spacial score (nSPS) is 16.1. The standard InChI is InChI=1S/C23H21N3O4/c27-21(24-16-9-10-16)20(14-5-2-1-3-6-14)30-23(29)15-8-11-17-18(13-15)25-19-7-4-12-26(19)22(17)28/h1-3,5-6,8,11,13,16,20H,4,7,9-10,12H2,(H,24,27)/t20-/m0/s1. The molecule has 0 bridgehead atoms. The minimum Gasteiger partial charge on any atom is -0.444 e. The Balaban J connectivity index is 1.45. The van der Waals surface area contributed by atoms with Crippen molar-refractivity contribution in [2.75, 3.05) is 0 Å². The summed E-state index contributed by atoms with van der Waals surface area (Å²) in [5.74, 6) is -0.213. The predicted octanol–water partition coefficient (Wildman–Crippen LogP) is 2.52. The Kier molecular flexibility index (Phi) is 4.58. The second-order valence-corrected chi connectivity index (χ2v) is 7.80. The highest BCUT2D eigenvalue weighted by atomic mass is 16.5. The molecule has 0 unspecified atom stereocenters. The van der Waals surface area contributed by atoms with Gasteiger partial charge in [-0.3, -0.25) is 14.2 Å². The van der Waals surface area contributed by atoms with Crippen molar-refractivity contribution in [1.82, 2.24) is 14.9 Å². The molecule has 1 saturated carbocycles. The average Bonchev–Trinajstić information content (AvgIpc) is 3.45. The number of nitrogens with zero attached hydrogens (tertiary/aromatic N) is 2. The van der Waals surface area contributed by atoms with E-state index >= 15 is 0 Å². The highest BCUT2D eigenvalue weighted by molar-refractivity contribution is 5.96. The van der Waals surface area contributed by atoms with Gasteiger partial charge in [0, 0.05) is 24.6 Å². The molecule has 30 heavy (non-hydrogen) atoms. The molecule has 0 spiro atoms. The van der Waals surface area contributed by atoms with Crippen molar-refractivity contribution < 1.29 is 14.3 Å². The largest absolute Gasteiger partial charge is 0.444 e. The van der Waals surface area contributed by atoms with Crippen LogP contribution in [0.2, 0.25) is 0 Å². The summed E-state index contributed by atoms with van der Waals surface area (Å²) in [6.07, 6.45) is 2.49. The summed E-state index contributed by atoms with van der Waals surface area (Å²) < 4.78 is 7.31. The molecule has 1 aromatic heterocycles. The number of amides is 1. The number of esters is 1. The quantitative estimate of drug-likeness (QED) is 0.661. The van der Waals surface area contributed by atoms with Crippen molar-refractivity contribution in [2.45, 2.75) is 44.4 Å². The molecule has 1 amide bonds. The molecule has 3 aromatic rings. The monoisotopic (exact) mass is 403 g/mol. The summed E-state index contributed by atoms with van der Waals surface area (Å²) >= 11 is 0. The zero-order valence-corrected chi connectivity index (χ0v) is 16.3. The average molecular weight is 403 g/mol. The van der Waals surface area contributed by atoms with Crippen LogP contribution >= 0.6 is 0 Å². The first-order valence-corrected chi connectivity index (χ1v) is 10.2. The maximum absolute atomic E-state index is 12.9. The number of ether oxygens (including phenoxy) is 1. The number of benzene rings is 2. The second-order valence-electron chi connectivity index (χ2n) is 7.80. The van der Waals surface area contributed by atoms with Gasteiger partial charge >= 0.3 is 5.97 Å². The number of rotatable bonds is 5. The maximum atomic E-state index is 12.9. The van der Waals surface area contributed by atoms with Crippen molar-refractivity contribution in [1.29, 1.82) is 0 Å². The fourth-order valence-electron chi connectivity index (χ4n) is 3.79. The maximum Gasteiger partial charge on any atom is 0.339 e. The van der Waals surface area contributed by atoms with E-state index in [0.717, 1.165) is 31.5 Å². The molecule has 1 aliphatic carbocycles. The molecule has 0 saturated heterocycles. The minimum atomic E-state index is -1.03. The zero-order chi connectivity index (χ0) is 20.7. The van der Waals surface area contributed by atoms with Crippen LogP contribution in [0.25, 0.3) is 10.9 Å². The lowest BCUT2D eigenvalue weighted by Gasteiger charge is -2.18. The fourth-order valence-corrected chi connectivity index (χ4v) is 3.79. The van der Waals surface area contributed by atoms with Crippen LogP contribution in [-0.2, 0) is 22.5 Å². The summed E-state index contributed by atoms with van der Waals surface area (Å²) in [5, 5.41) is 3.38. The van der Waals surface area contributed by atoms with Crippen molar-refractivity contribution in [3.05, 3.63) is 75.8 Å². The number of fused-ring (bicyclic) bond motifs is 2. The van der Waals surface area contributed by atoms with E-state index in [0.29, 0.717) is 23.0 Å². The smallest absolute Gasteiger partial charge is 0.339 e. The Hall–Kier alpha value is -3.48. The minimum absolute atomic E-state index is 0.0848. The van der Waals surface area contributed by atoms with E-state index in [4.69, 9.17) is 4.74 Å². The lowest BCUT2D eigenvalue weighted by Crippen LogP contribution is -2.33. The van der Waals surface area contributed by atoms with E-state index in [2.05, 4.69) is 10.3 Å². The fraction of sp³-hybridized carbons (Fsp3) is 0.304. The topological polar surface area (TPSA) is 90.3 Å². The van der Waals surface area contributed by atoms with Gasteiger partial charge in [-0.2, -0.15) is 0 Å². The number of carbonyl (C=O) groups excluding carboxylic acids is 2. The lowest BCUT2D eigenvalue weighted by atomic mass is 10.1. The van der Waals surface area contributed by atoms with Gasteiger partial charge in [0.2, 0.25) is 6.10 Å². The number of aryl methyl sites for hydroxylation is 1. The third kappa shape index (κ3) is 3.47. The van der Waals surface area contributed by atoms with Crippen LogP contribution in [0.1, 0.15) is 47.1 Å². The van der Waals surface area contributed by atoms with Gasteiger partial charge in [-0.1, -0.05) is 30.3 Å². The molecule has 1 fully saturated rings. The summed E-state index contributed by atoms with van der Waals surface area (Å²) in [4.78, 5) is 42.8. The number of carbonyl (C=O) groups is 2. The van der Waals surface area contributed by atoms with Gasteiger partial charge in [0.05, 0.1) is 16.5 Å². The summed E-state index contributed by atoms with van der Waals surface area (Å²) in [6, 6.07) is 13.8. The van der Waals surface area contributed by atoms with Crippen molar-refractivity contribution in [3.8, 4) is 0 Å². The second kappa shape index (κ2) is 7.40. The first-order chi connectivity index (χ1) is 14.6. The molecule has 7 heteroatoms. The molecule has 7 nitrogen and oxygen atoms in total. The van der Waals surface area contributed by atoms with Crippen molar-refractivity contribution in [2.24, 2.45) is 0 Å². The SMILES string of the molecule is O=C(O[C@H](C(=O)NC1CC1)c1ccccc1)c1ccc2c(=O)n3c(nc2c1)CCC3. The summed E-state index contributed by atoms with van der Waals surface area (Å²) in [5.41, 5.74) is 1.26. The van der Waals surface area contributed by atoms with Gasteiger partial charge in [0.1, 0.15) is 5.82 Å². The van der Waals surface area contributed by atoms with Crippen LogP contribution < -0.4 is 10.9 Å². The van der Waals surface area contributed by atoms with Crippen LogP contribution in [0, 0.1) is 0 Å². The third-order valence-corrected chi connectivity index (χ3v) is 5.54. The van der Waals surface area contributed by atoms with E-state index in [-0.39, 0.29) is 23.1 Å². The molecule has 0 radical (unpaired) electrons. The Bertz CT molecular complexity index is 1200. The van der Waals surface area contributed by atoms with E-state index in [1.165, 1.54) is 0 Å². The highest BCUT2D eigenvalue weighted by Gasteiger charge is 2.31. The molecule has 1 atom stereocenters. The molecule has 2 heterocycles. The third-order valence-electron chi connectivity index (χ3n) is 5.54. The van der Waals surface area contributed by atoms with Gasteiger partial charge < -0.3 is 10.1 Å². The molecule has 5 rings (SSSR count). The van der Waals surface area contributed by atoms with Crippen molar-refractivity contribution >= 4 is 22.8 Å². The molecular weight excluding hydrogens is 382 g/mol. The summed E-state index contributed by atoms with van der Waals surface area (Å²) in [7, 11) is 0. The van der Waals surface area contributed by atoms with E-state index in [1.807, 2.05) is 6.07 Å². The Morgan fingerprint density at radius 3 is 2.70 bits per heavy atom. The van der Waals surface area contributed by atoms with Gasteiger partial charge in [-0.15, -0.1) is 0 Å². The number of hydrogen-bond donors (Lipinski definition) is 1. The predicted molar refractivity (Wildman–Crippen MR) is 110 cm³/mol. The Labute approximate surface area is 172 Å². The molecule has 2 aromatic carbocycles. The van der Waals surface area contributed by atoms with Gasteiger partial charge in [-0.25, -0.2) is 9.78 Å². The first-order valence-electron chi connectivity index (χ1n) is 10.2.